The molecule has 7 nitrogen and oxygen atoms in total. The molecule has 3 heterocycles. The number of hydrogen-bond acceptors (Lipinski definition) is 5. The number of hydrogen-bond donors (Lipinski definition) is 1. The first-order valence-corrected chi connectivity index (χ1v) is 6.54. The zero-order valence-electron chi connectivity index (χ0n) is 11.1. The predicted octanol–water partition coefficient (Wildman–Crippen LogP) is 1.28. The van der Waals surface area contributed by atoms with E-state index in [1.54, 1.807) is 30.6 Å². The van der Waals surface area contributed by atoms with E-state index in [0.29, 0.717) is 18.7 Å². The molecule has 1 fully saturated rings. The van der Waals surface area contributed by atoms with E-state index in [-0.39, 0.29) is 18.1 Å². The van der Waals surface area contributed by atoms with E-state index in [1.807, 2.05) is 0 Å². The lowest BCUT2D eigenvalue weighted by Gasteiger charge is -2.13. The summed E-state index contributed by atoms with van der Waals surface area (Å²) < 4.78 is 5.15. The molecule has 0 radical (unpaired) electrons. The third-order valence-corrected chi connectivity index (χ3v) is 3.50. The number of carboxylic acids is 1. The molecule has 0 aromatic carbocycles. The first-order valence-electron chi connectivity index (χ1n) is 6.54. The fourth-order valence-electron chi connectivity index (χ4n) is 2.33. The Balaban J connectivity index is 1.75. The van der Waals surface area contributed by atoms with Gasteiger partial charge >= 0.3 is 5.97 Å². The summed E-state index contributed by atoms with van der Waals surface area (Å²) in [7, 11) is 0. The Morgan fingerprint density at radius 1 is 1.43 bits per heavy atom. The molecule has 1 aliphatic heterocycles. The Morgan fingerprint density at radius 2 is 2.29 bits per heavy atom. The normalized spacial score (nSPS) is 17.9. The summed E-state index contributed by atoms with van der Waals surface area (Å²) in [5.41, 5.74) is 0.911. The summed E-state index contributed by atoms with van der Waals surface area (Å²) in [6, 6.07) is 5.11. The van der Waals surface area contributed by atoms with Crippen molar-refractivity contribution in [2.45, 2.75) is 6.42 Å². The van der Waals surface area contributed by atoms with Gasteiger partial charge in [0.25, 0.3) is 5.91 Å². The van der Waals surface area contributed by atoms with Gasteiger partial charge in [0.15, 0.2) is 11.5 Å². The summed E-state index contributed by atoms with van der Waals surface area (Å²) in [6.07, 6.45) is 3.72. The Morgan fingerprint density at radius 3 is 2.95 bits per heavy atom. The van der Waals surface area contributed by atoms with E-state index in [1.165, 1.54) is 4.90 Å². The van der Waals surface area contributed by atoms with E-state index in [0.717, 1.165) is 5.56 Å². The van der Waals surface area contributed by atoms with Crippen LogP contribution in [0.1, 0.15) is 16.9 Å². The molecular formula is C14H13N3O4. The number of aromatic nitrogens is 2. The average Bonchev–Trinajstić information content (AvgIpc) is 3.17. The molecule has 0 saturated carbocycles. The molecule has 3 rings (SSSR count). The van der Waals surface area contributed by atoms with Crippen LogP contribution in [0, 0.1) is 5.92 Å². The number of rotatable bonds is 3. The van der Waals surface area contributed by atoms with Gasteiger partial charge in [-0.3, -0.25) is 14.6 Å². The topological polar surface area (TPSA) is 96.5 Å². The number of carbonyl (C=O) groups is 2. The highest BCUT2D eigenvalue weighted by Crippen LogP contribution is 2.22. The highest BCUT2D eigenvalue weighted by atomic mass is 16.5. The van der Waals surface area contributed by atoms with Gasteiger partial charge in [-0.2, -0.15) is 0 Å². The smallest absolute Gasteiger partial charge is 0.308 e. The number of carboxylic acid groups (broad SMARTS) is 1. The largest absolute Gasteiger partial charge is 0.481 e. The van der Waals surface area contributed by atoms with Crippen molar-refractivity contribution in [1.29, 1.82) is 0 Å². The maximum atomic E-state index is 12.3. The summed E-state index contributed by atoms with van der Waals surface area (Å²) in [5, 5.41) is 12.7. The summed E-state index contributed by atoms with van der Waals surface area (Å²) >= 11 is 0. The molecule has 2 aromatic rings. The van der Waals surface area contributed by atoms with Gasteiger partial charge in [0.2, 0.25) is 0 Å². The Kier molecular flexibility index (Phi) is 3.39. The minimum absolute atomic E-state index is 0.180. The molecule has 1 amide bonds. The van der Waals surface area contributed by atoms with Crippen LogP contribution in [0.15, 0.2) is 35.1 Å². The summed E-state index contributed by atoms with van der Waals surface area (Å²) in [5.74, 6) is -1.22. The van der Waals surface area contributed by atoms with Crippen molar-refractivity contribution in [2.24, 2.45) is 5.92 Å². The molecule has 1 aliphatic rings. The predicted molar refractivity (Wildman–Crippen MR) is 71.4 cm³/mol. The van der Waals surface area contributed by atoms with Crippen LogP contribution in [0.5, 0.6) is 0 Å². The van der Waals surface area contributed by atoms with Crippen LogP contribution in [0.4, 0.5) is 0 Å². The minimum atomic E-state index is -0.874. The van der Waals surface area contributed by atoms with Crippen molar-refractivity contribution in [3.05, 3.63) is 36.3 Å². The highest BCUT2D eigenvalue weighted by molar-refractivity contribution is 5.93. The fraction of sp³-hybridized carbons (Fsp3) is 0.286. The van der Waals surface area contributed by atoms with Gasteiger partial charge in [-0.05, 0) is 18.6 Å². The molecule has 108 valence electrons. The van der Waals surface area contributed by atoms with Gasteiger partial charge in [0.1, 0.15) is 0 Å². The van der Waals surface area contributed by atoms with Gasteiger partial charge in [-0.15, -0.1) is 0 Å². The number of aliphatic carboxylic acids is 1. The monoisotopic (exact) mass is 287 g/mol. The molecule has 21 heavy (non-hydrogen) atoms. The van der Waals surface area contributed by atoms with Crippen LogP contribution in [0.25, 0.3) is 11.3 Å². The number of pyridine rings is 1. The van der Waals surface area contributed by atoms with Gasteiger partial charge in [0, 0.05) is 37.1 Å². The fourth-order valence-corrected chi connectivity index (χ4v) is 2.33. The highest BCUT2D eigenvalue weighted by Gasteiger charge is 2.32. The van der Waals surface area contributed by atoms with E-state index in [4.69, 9.17) is 9.63 Å². The Labute approximate surface area is 120 Å². The summed E-state index contributed by atoms with van der Waals surface area (Å²) in [6.45, 7) is 0.633. The standard InChI is InChI=1S/C14H13N3O4/c18-13(17-5-3-10(8-17)14(19)20)11-6-12(21-16-11)9-2-1-4-15-7-9/h1-2,4,6-7,10H,3,5,8H2,(H,19,20). The van der Waals surface area contributed by atoms with Crippen LogP contribution in [0.2, 0.25) is 0 Å². The third-order valence-electron chi connectivity index (χ3n) is 3.50. The molecule has 2 aromatic heterocycles. The average molecular weight is 287 g/mol. The van der Waals surface area contributed by atoms with Gasteiger partial charge < -0.3 is 14.5 Å². The van der Waals surface area contributed by atoms with Crippen molar-refractivity contribution < 1.29 is 19.2 Å². The van der Waals surface area contributed by atoms with Crippen molar-refractivity contribution >= 4 is 11.9 Å². The van der Waals surface area contributed by atoms with E-state index in [9.17, 15) is 9.59 Å². The lowest BCUT2D eigenvalue weighted by molar-refractivity contribution is -0.141. The minimum Gasteiger partial charge on any atom is -0.481 e. The maximum absolute atomic E-state index is 12.3. The second kappa shape index (κ2) is 5.35. The zero-order chi connectivity index (χ0) is 14.8. The molecule has 0 aliphatic carbocycles. The second-order valence-electron chi connectivity index (χ2n) is 4.89. The van der Waals surface area contributed by atoms with Gasteiger partial charge in [-0.1, -0.05) is 5.16 Å². The molecule has 1 N–H and O–H groups in total. The van der Waals surface area contributed by atoms with Crippen LogP contribution in [-0.4, -0.2) is 45.1 Å². The van der Waals surface area contributed by atoms with Crippen LogP contribution in [-0.2, 0) is 4.79 Å². The second-order valence-corrected chi connectivity index (χ2v) is 4.89. The van der Waals surface area contributed by atoms with Crippen LogP contribution < -0.4 is 0 Å². The number of nitrogens with zero attached hydrogens (tertiary/aromatic N) is 3. The molecule has 1 atom stereocenters. The molecule has 1 unspecified atom stereocenters. The molecule has 0 spiro atoms. The molecule has 0 bridgehead atoms. The van der Waals surface area contributed by atoms with Crippen LogP contribution in [0.3, 0.4) is 0 Å². The van der Waals surface area contributed by atoms with E-state index in [2.05, 4.69) is 10.1 Å². The number of likely N-dealkylation sites (tertiary alicyclic amines) is 1. The first-order chi connectivity index (χ1) is 10.1. The lowest BCUT2D eigenvalue weighted by atomic mass is 10.1. The molecular weight excluding hydrogens is 274 g/mol. The number of carbonyl (C=O) groups excluding carboxylic acids is 1. The summed E-state index contributed by atoms with van der Waals surface area (Å²) in [4.78, 5) is 28.6. The van der Waals surface area contributed by atoms with Crippen molar-refractivity contribution in [3.8, 4) is 11.3 Å². The molecule has 7 heteroatoms. The van der Waals surface area contributed by atoms with Gasteiger partial charge in [-0.25, -0.2) is 0 Å². The SMILES string of the molecule is O=C(O)C1CCN(C(=O)c2cc(-c3cccnc3)on2)C1. The molecule has 1 saturated heterocycles. The lowest BCUT2D eigenvalue weighted by Crippen LogP contribution is -2.30. The Hall–Kier alpha value is -2.70. The third kappa shape index (κ3) is 2.62. The van der Waals surface area contributed by atoms with Crippen molar-refractivity contribution in [1.82, 2.24) is 15.0 Å². The maximum Gasteiger partial charge on any atom is 0.308 e. The zero-order valence-corrected chi connectivity index (χ0v) is 11.1. The van der Waals surface area contributed by atoms with Gasteiger partial charge in [0.05, 0.1) is 5.92 Å². The first kappa shape index (κ1) is 13.3. The quantitative estimate of drug-likeness (QED) is 0.913. The van der Waals surface area contributed by atoms with Crippen LogP contribution >= 0.6 is 0 Å². The van der Waals surface area contributed by atoms with Crippen molar-refractivity contribution in [2.75, 3.05) is 13.1 Å². The van der Waals surface area contributed by atoms with E-state index < -0.39 is 11.9 Å². The Bertz CT molecular complexity index is 668. The van der Waals surface area contributed by atoms with Crippen molar-refractivity contribution in [3.63, 3.8) is 0 Å². The van der Waals surface area contributed by atoms with E-state index >= 15 is 0 Å². The number of amides is 1.